The van der Waals surface area contributed by atoms with Crippen LogP contribution in [0, 0.1) is 18.8 Å². The fourth-order valence-electron chi connectivity index (χ4n) is 2.75. The van der Waals surface area contributed by atoms with E-state index in [0.29, 0.717) is 19.4 Å². The van der Waals surface area contributed by atoms with Crippen LogP contribution in [0.15, 0.2) is 18.3 Å². The highest BCUT2D eigenvalue weighted by Crippen LogP contribution is 2.30. The maximum absolute atomic E-state index is 12.2. The van der Waals surface area contributed by atoms with Gasteiger partial charge in [-0.1, -0.05) is 18.9 Å². The first-order chi connectivity index (χ1) is 9.59. The van der Waals surface area contributed by atoms with Gasteiger partial charge in [0.25, 0.3) is 0 Å². The standard InChI is InChI=1S/C15H20N2O3/c1-10-5-4-8-16-13(10)9-17-14(18)11-6-2-3-7-12(11)15(19)20/h4-5,8,11-12H,2-3,6-7,9H2,1H3,(H,17,18)(H,19,20)/t11-,12+/m1/s1. The average Bonchev–Trinajstić information content (AvgIpc) is 2.46. The molecule has 5 nitrogen and oxygen atoms in total. The number of rotatable bonds is 4. The van der Waals surface area contributed by atoms with Crippen LogP contribution in [0.25, 0.3) is 0 Å². The Morgan fingerprint density at radius 2 is 2.05 bits per heavy atom. The summed E-state index contributed by atoms with van der Waals surface area (Å²) in [6.07, 6.45) is 4.75. The number of amides is 1. The number of carbonyl (C=O) groups excluding carboxylic acids is 1. The Bertz CT molecular complexity index is 502. The molecule has 0 aliphatic heterocycles. The van der Waals surface area contributed by atoms with Crippen molar-refractivity contribution in [1.82, 2.24) is 10.3 Å². The van der Waals surface area contributed by atoms with Crippen molar-refractivity contribution in [3.63, 3.8) is 0 Å². The highest BCUT2D eigenvalue weighted by atomic mass is 16.4. The maximum Gasteiger partial charge on any atom is 0.307 e. The van der Waals surface area contributed by atoms with E-state index in [9.17, 15) is 14.7 Å². The van der Waals surface area contributed by atoms with E-state index in [1.54, 1.807) is 6.20 Å². The fourth-order valence-corrected chi connectivity index (χ4v) is 2.75. The number of hydrogen-bond acceptors (Lipinski definition) is 3. The van der Waals surface area contributed by atoms with Gasteiger partial charge in [0, 0.05) is 6.20 Å². The summed E-state index contributed by atoms with van der Waals surface area (Å²) in [7, 11) is 0. The molecule has 5 heteroatoms. The number of carbonyl (C=O) groups is 2. The summed E-state index contributed by atoms with van der Waals surface area (Å²) in [5.41, 5.74) is 1.84. The first-order valence-electron chi connectivity index (χ1n) is 7.00. The predicted molar refractivity (Wildman–Crippen MR) is 73.9 cm³/mol. The SMILES string of the molecule is Cc1cccnc1CNC(=O)[C@@H]1CCCC[C@@H]1C(=O)O. The van der Waals surface area contributed by atoms with Gasteiger partial charge in [-0.15, -0.1) is 0 Å². The lowest BCUT2D eigenvalue weighted by molar-refractivity contribution is -0.148. The van der Waals surface area contributed by atoms with Crippen LogP contribution in [0.4, 0.5) is 0 Å². The first-order valence-corrected chi connectivity index (χ1v) is 7.00. The van der Waals surface area contributed by atoms with E-state index in [2.05, 4.69) is 10.3 Å². The second kappa shape index (κ2) is 6.50. The van der Waals surface area contributed by atoms with Crippen LogP contribution in [-0.4, -0.2) is 22.0 Å². The van der Waals surface area contributed by atoms with Gasteiger partial charge < -0.3 is 10.4 Å². The minimum Gasteiger partial charge on any atom is -0.481 e. The monoisotopic (exact) mass is 276 g/mol. The predicted octanol–water partition coefficient (Wildman–Crippen LogP) is 1.90. The molecule has 1 aliphatic rings. The molecule has 108 valence electrons. The number of nitrogens with zero attached hydrogens (tertiary/aromatic N) is 1. The van der Waals surface area contributed by atoms with Crippen molar-refractivity contribution in [3.05, 3.63) is 29.6 Å². The van der Waals surface area contributed by atoms with Gasteiger partial charge in [0.1, 0.15) is 0 Å². The van der Waals surface area contributed by atoms with Crippen molar-refractivity contribution >= 4 is 11.9 Å². The van der Waals surface area contributed by atoms with Crippen LogP contribution in [-0.2, 0) is 16.1 Å². The smallest absolute Gasteiger partial charge is 0.307 e. The Morgan fingerprint density at radius 1 is 1.35 bits per heavy atom. The van der Waals surface area contributed by atoms with Crippen molar-refractivity contribution in [2.24, 2.45) is 11.8 Å². The van der Waals surface area contributed by atoms with E-state index in [0.717, 1.165) is 24.1 Å². The molecule has 1 fully saturated rings. The molecular weight excluding hydrogens is 256 g/mol. The molecule has 0 bridgehead atoms. The number of nitrogens with one attached hydrogen (secondary N) is 1. The van der Waals surface area contributed by atoms with E-state index in [-0.39, 0.29) is 5.91 Å². The average molecular weight is 276 g/mol. The van der Waals surface area contributed by atoms with E-state index in [1.165, 1.54) is 0 Å². The molecular formula is C15H20N2O3. The number of aromatic nitrogens is 1. The van der Waals surface area contributed by atoms with Gasteiger partial charge in [0.15, 0.2) is 0 Å². The topological polar surface area (TPSA) is 79.3 Å². The first kappa shape index (κ1) is 14.5. The maximum atomic E-state index is 12.2. The Hall–Kier alpha value is -1.91. The van der Waals surface area contributed by atoms with Gasteiger partial charge in [-0.25, -0.2) is 0 Å². The molecule has 1 heterocycles. The van der Waals surface area contributed by atoms with Gasteiger partial charge in [-0.2, -0.15) is 0 Å². The van der Waals surface area contributed by atoms with Gasteiger partial charge in [-0.05, 0) is 31.4 Å². The molecule has 2 N–H and O–H groups in total. The molecule has 0 radical (unpaired) electrons. The van der Waals surface area contributed by atoms with Crippen LogP contribution >= 0.6 is 0 Å². The van der Waals surface area contributed by atoms with Crippen molar-refractivity contribution in [2.75, 3.05) is 0 Å². The number of aliphatic carboxylic acids is 1. The minimum atomic E-state index is -0.862. The second-order valence-electron chi connectivity index (χ2n) is 5.32. The van der Waals surface area contributed by atoms with Crippen molar-refractivity contribution in [1.29, 1.82) is 0 Å². The normalized spacial score (nSPS) is 22.2. The summed E-state index contributed by atoms with van der Waals surface area (Å²) >= 11 is 0. The molecule has 0 unspecified atom stereocenters. The van der Waals surface area contributed by atoms with Gasteiger partial charge in [0.2, 0.25) is 5.91 Å². The molecule has 0 aromatic carbocycles. The minimum absolute atomic E-state index is 0.165. The third kappa shape index (κ3) is 3.35. The van der Waals surface area contributed by atoms with Gasteiger partial charge >= 0.3 is 5.97 Å². The number of carboxylic acids is 1. The molecule has 1 saturated carbocycles. The third-order valence-electron chi connectivity index (χ3n) is 3.97. The summed E-state index contributed by atoms with van der Waals surface area (Å²) in [4.78, 5) is 27.6. The molecule has 1 aromatic heterocycles. The zero-order valence-corrected chi connectivity index (χ0v) is 11.6. The Morgan fingerprint density at radius 3 is 2.70 bits per heavy atom. The van der Waals surface area contributed by atoms with E-state index >= 15 is 0 Å². The van der Waals surface area contributed by atoms with Crippen LogP contribution in [0.5, 0.6) is 0 Å². The van der Waals surface area contributed by atoms with E-state index < -0.39 is 17.8 Å². The molecule has 1 aliphatic carbocycles. The van der Waals surface area contributed by atoms with Crippen molar-refractivity contribution in [2.45, 2.75) is 39.2 Å². The largest absolute Gasteiger partial charge is 0.481 e. The number of aryl methyl sites for hydroxylation is 1. The lowest BCUT2D eigenvalue weighted by Gasteiger charge is -2.27. The van der Waals surface area contributed by atoms with E-state index in [4.69, 9.17) is 0 Å². The quantitative estimate of drug-likeness (QED) is 0.880. The summed E-state index contributed by atoms with van der Waals surface area (Å²) in [5, 5.41) is 12.0. The van der Waals surface area contributed by atoms with Crippen LogP contribution in [0.1, 0.15) is 36.9 Å². The Labute approximate surface area is 118 Å². The zero-order chi connectivity index (χ0) is 14.5. The molecule has 0 saturated heterocycles. The molecule has 2 atom stereocenters. The third-order valence-corrected chi connectivity index (χ3v) is 3.97. The van der Waals surface area contributed by atoms with Crippen LogP contribution in [0.2, 0.25) is 0 Å². The molecule has 0 spiro atoms. The molecule has 2 rings (SSSR count). The lowest BCUT2D eigenvalue weighted by atomic mass is 9.78. The summed E-state index contributed by atoms with van der Waals surface area (Å²) < 4.78 is 0. The number of hydrogen-bond donors (Lipinski definition) is 2. The fraction of sp³-hybridized carbons (Fsp3) is 0.533. The zero-order valence-electron chi connectivity index (χ0n) is 11.6. The van der Waals surface area contributed by atoms with Gasteiger partial charge in [-0.3, -0.25) is 14.6 Å². The number of pyridine rings is 1. The molecule has 1 aromatic rings. The summed E-state index contributed by atoms with van der Waals surface area (Å²) in [5.74, 6) is -1.99. The van der Waals surface area contributed by atoms with Crippen molar-refractivity contribution < 1.29 is 14.7 Å². The molecule has 20 heavy (non-hydrogen) atoms. The van der Waals surface area contributed by atoms with Crippen LogP contribution < -0.4 is 5.32 Å². The van der Waals surface area contributed by atoms with Crippen LogP contribution in [0.3, 0.4) is 0 Å². The summed E-state index contributed by atoms with van der Waals surface area (Å²) in [6, 6.07) is 3.79. The molecule has 1 amide bonds. The highest BCUT2D eigenvalue weighted by Gasteiger charge is 2.35. The lowest BCUT2D eigenvalue weighted by Crippen LogP contribution is -2.39. The second-order valence-corrected chi connectivity index (χ2v) is 5.32. The number of carboxylic acid groups (broad SMARTS) is 1. The Balaban J connectivity index is 1.97. The van der Waals surface area contributed by atoms with Gasteiger partial charge in [0.05, 0.1) is 24.1 Å². The van der Waals surface area contributed by atoms with Crippen molar-refractivity contribution in [3.8, 4) is 0 Å². The summed E-state index contributed by atoms with van der Waals surface area (Å²) in [6.45, 7) is 2.30. The highest BCUT2D eigenvalue weighted by molar-refractivity contribution is 5.84. The van der Waals surface area contributed by atoms with E-state index in [1.807, 2.05) is 19.1 Å². The Kier molecular flexibility index (Phi) is 4.71.